The van der Waals surface area contributed by atoms with Crippen LogP contribution in [0, 0.1) is 0 Å². The van der Waals surface area contributed by atoms with Crippen LogP contribution in [0.3, 0.4) is 0 Å². The molecule has 1 aromatic carbocycles. The molecule has 0 saturated carbocycles. The molecule has 3 rings (SSSR count). The van der Waals surface area contributed by atoms with Crippen LogP contribution < -0.4 is 10.6 Å². The van der Waals surface area contributed by atoms with Gasteiger partial charge in [-0.1, -0.05) is 11.6 Å². The van der Waals surface area contributed by atoms with Gasteiger partial charge in [-0.25, -0.2) is 4.68 Å². The third-order valence-electron chi connectivity index (χ3n) is 3.60. The highest BCUT2D eigenvalue weighted by molar-refractivity contribution is 6.33. The zero-order chi connectivity index (χ0) is 14.7. The Labute approximate surface area is 128 Å². The lowest BCUT2D eigenvalue weighted by atomic mass is 10.1. The van der Waals surface area contributed by atoms with E-state index in [2.05, 4.69) is 15.7 Å². The van der Waals surface area contributed by atoms with Crippen molar-refractivity contribution in [3.8, 4) is 5.69 Å². The van der Waals surface area contributed by atoms with Gasteiger partial charge in [0.15, 0.2) is 0 Å². The van der Waals surface area contributed by atoms with Crippen LogP contribution in [0.5, 0.6) is 0 Å². The first-order chi connectivity index (χ1) is 10.2. The number of carbonyl (C=O) groups is 1. The molecule has 2 heterocycles. The Bertz CT molecular complexity index is 621. The maximum absolute atomic E-state index is 12.4. The summed E-state index contributed by atoms with van der Waals surface area (Å²) < 4.78 is 1.70. The maximum Gasteiger partial charge on any atom is 0.253 e. The van der Waals surface area contributed by atoms with Crippen molar-refractivity contribution < 1.29 is 4.79 Å². The lowest BCUT2D eigenvalue weighted by Gasteiger charge is -2.24. The lowest BCUT2D eigenvalue weighted by molar-refractivity contribution is 0.0931. The van der Waals surface area contributed by atoms with Crippen molar-refractivity contribution in [1.82, 2.24) is 20.4 Å². The Morgan fingerprint density at radius 1 is 1.48 bits per heavy atom. The second kappa shape index (κ2) is 6.28. The molecule has 0 aliphatic carbocycles. The molecule has 0 bridgehead atoms. The van der Waals surface area contributed by atoms with Gasteiger partial charge < -0.3 is 10.6 Å². The zero-order valence-electron chi connectivity index (χ0n) is 11.6. The number of nitrogens with one attached hydrogen (secondary N) is 2. The molecule has 110 valence electrons. The predicted molar refractivity (Wildman–Crippen MR) is 81.9 cm³/mol. The van der Waals surface area contributed by atoms with Crippen LogP contribution in [0.4, 0.5) is 0 Å². The van der Waals surface area contributed by atoms with Crippen LogP contribution in [0.2, 0.25) is 5.02 Å². The summed E-state index contributed by atoms with van der Waals surface area (Å²) in [5.41, 5.74) is 1.30. The number of amides is 1. The number of piperidine rings is 1. The van der Waals surface area contributed by atoms with Crippen LogP contribution in [-0.2, 0) is 0 Å². The van der Waals surface area contributed by atoms with E-state index in [0.29, 0.717) is 10.6 Å². The summed E-state index contributed by atoms with van der Waals surface area (Å²) in [7, 11) is 0. The third kappa shape index (κ3) is 3.25. The van der Waals surface area contributed by atoms with Gasteiger partial charge in [-0.3, -0.25) is 4.79 Å². The molecule has 1 aliphatic heterocycles. The Morgan fingerprint density at radius 2 is 2.38 bits per heavy atom. The molecule has 6 heteroatoms. The van der Waals surface area contributed by atoms with E-state index in [1.165, 1.54) is 0 Å². The first-order valence-electron chi connectivity index (χ1n) is 7.05. The van der Waals surface area contributed by atoms with E-state index in [1.54, 1.807) is 23.0 Å². The minimum absolute atomic E-state index is 0.136. The molecule has 1 saturated heterocycles. The van der Waals surface area contributed by atoms with Gasteiger partial charge in [-0.05, 0) is 43.7 Å². The molecule has 2 aromatic rings. The van der Waals surface area contributed by atoms with Crippen molar-refractivity contribution in [2.75, 3.05) is 13.1 Å². The van der Waals surface area contributed by atoms with Crippen LogP contribution >= 0.6 is 11.6 Å². The number of carbonyl (C=O) groups excluding carboxylic acids is 1. The molecule has 0 unspecified atom stereocenters. The smallest absolute Gasteiger partial charge is 0.253 e. The minimum atomic E-state index is -0.136. The molecule has 5 nitrogen and oxygen atoms in total. The van der Waals surface area contributed by atoms with E-state index >= 15 is 0 Å². The molecule has 1 atom stereocenters. The number of benzene rings is 1. The van der Waals surface area contributed by atoms with Gasteiger partial charge in [0.05, 0.1) is 16.3 Å². The van der Waals surface area contributed by atoms with Crippen molar-refractivity contribution in [3.63, 3.8) is 0 Å². The summed E-state index contributed by atoms with van der Waals surface area (Å²) in [5, 5.41) is 10.9. The monoisotopic (exact) mass is 304 g/mol. The number of nitrogens with zero attached hydrogens (tertiary/aromatic N) is 2. The normalized spacial score (nSPS) is 18.4. The summed E-state index contributed by atoms with van der Waals surface area (Å²) in [6, 6.07) is 7.33. The topological polar surface area (TPSA) is 59.0 Å². The molecular formula is C15H17ClN4O. The van der Waals surface area contributed by atoms with Gasteiger partial charge in [0.2, 0.25) is 0 Å². The first-order valence-corrected chi connectivity index (χ1v) is 7.43. The molecule has 0 spiro atoms. The van der Waals surface area contributed by atoms with Crippen LogP contribution in [0.15, 0.2) is 36.7 Å². The van der Waals surface area contributed by atoms with E-state index < -0.39 is 0 Å². The largest absolute Gasteiger partial charge is 0.348 e. The number of hydrogen-bond donors (Lipinski definition) is 2. The van der Waals surface area contributed by atoms with Crippen molar-refractivity contribution in [3.05, 3.63) is 47.2 Å². The lowest BCUT2D eigenvalue weighted by Crippen LogP contribution is -2.45. The van der Waals surface area contributed by atoms with Gasteiger partial charge in [0, 0.05) is 25.0 Å². The fraction of sp³-hybridized carbons (Fsp3) is 0.333. The SMILES string of the molecule is O=C(N[C@@H]1CCCNC1)c1cc(-n2cccn2)ccc1Cl. The Morgan fingerprint density at radius 3 is 3.10 bits per heavy atom. The van der Waals surface area contributed by atoms with Gasteiger partial charge in [-0.15, -0.1) is 0 Å². The van der Waals surface area contributed by atoms with Crippen LogP contribution in [0.1, 0.15) is 23.2 Å². The van der Waals surface area contributed by atoms with Gasteiger partial charge in [0.25, 0.3) is 5.91 Å². The second-order valence-electron chi connectivity index (χ2n) is 5.13. The van der Waals surface area contributed by atoms with E-state index in [1.807, 2.05) is 18.3 Å². The minimum Gasteiger partial charge on any atom is -0.348 e. The molecule has 0 radical (unpaired) electrons. The zero-order valence-corrected chi connectivity index (χ0v) is 12.3. The Kier molecular flexibility index (Phi) is 4.22. The maximum atomic E-state index is 12.4. The van der Waals surface area contributed by atoms with Gasteiger partial charge >= 0.3 is 0 Å². The molecular weight excluding hydrogens is 288 g/mol. The highest BCUT2D eigenvalue weighted by atomic mass is 35.5. The highest BCUT2D eigenvalue weighted by Gasteiger charge is 2.18. The number of aromatic nitrogens is 2. The number of rotatable bonds is 3. The second-order valence-corrected chi connectivity index (χ2v) is 5.54. The fourth-order valence-electron chi connectivity index (χ4n) is 2.49. The van der Waals surface area contributed by atoms with Gasteiger partial charge in [-0.2, -0.15) is 5.10 Å². The summed E-state index contributed by atoms with van der Waals surface area (Å²) in [5.74, 6) is -0.136. The summed E-state index contributed by atoms with van der Waals surface area (Å²) >= 11 is 6.16. The summed E-state index contributed by atoms with van der Waals surface area (Å²) in [6.07, 6.45) is 5.60. The van der Waals surface area contributed by atoms with Crippen molar-refractivity contribution >= 4 is 17.5 Å². The Hall–Kier alpha value is -1.85. The molecule has 1 amide bonds. The molecule has 1 fully saturated rings. The first kappa shape index (κ1) is 14.1. The van der Waals surface area contributed by atoms with Crippen LogP contribution in [-0.4, -0.2) is 34.8 Å². The standard InChI is InChI=1S/C15H17ClN4O/c16-14-5-4-12(20-8-2-7-18-20)9-13(14)15(21)19-11-3-1-6-17-10-11/h2,4-5,7-9,11,17H,1,3,6,10H2,(H,19,21)/t11-/m1/s1. The summed E-state index contributed by atoms with van der Waals surface area (Å²) in [6.45, 7) is 1.82. The molecule has 1 aliphatic rings. The van der Waals surface area contributed by atoms with E-state index in [4.69, 9.17) is 11.6 Å². The Balaban J connectivity index is 1.80. The predicted octanol–water partition coefficient (Wildman–Crippen LogP) is 2.01. The van der Waals surface area contributed by atoms with Crippen LogP contribution in [0.25, 0.3) is 5.69 Å². The number of hydrogen-bond acceptors (Lipinski definition) is 3. The quantitative estimate of drug-likeness (QED) is 0.912. The van der Waals surface area contributed by atoms with Gasteiger partial charge in [0.1, 0.15) is 0 Å². The van der Waals surface area contributed by atoms with Crippen molar-refractivity contribution in [2.45, 2.75) is 18.9 Å². The summed E-state index contributed by atoms with van der Waals surface area (Å²) in [4.78, 5) is 12.4. The van der Waals surface area contributed by atoms with Crippen molar-refractivity contribution in [1.29, 1.82) is 0 Å². The molecule has 21 heavy (non-hydrogen) atoms. The fourth-order valence-corrected chi connectivity index (χ4v) is 2.69. The molecule has 2 N–H and O–H groups in total. The van der Waals surface area contributed by atoms with E-state index in [9.17, 15) is 4.79 Å². The average molecular weight is 305 g/mol. The van der Waals surface area contributed by atoms with E-state index in [0.717, 1.165) is 31.6 Å². The molecule has 1 aromatic heterocycles. The van der Waals surface area contributed by atoms with Crippen molar-refractivity contribution in [2.24, 2.45) is 0 Å². The number of halogens is 1. The highest BCUT2D eigenvalue weighted by Crippen LogP contribution is 2.20. The van der Waals surface area contributed by atoms with E-state index in [-0.39, 0.29) is 11.9 Å². The third-order valence-corrected chi connectivity index (χ3v) is 3.93. The average Bonchev–Trinajstić information content (AvgIpc) is 3.03.